The minimum absolute atomic E-state index is 0.0954. The van der Waals surface area contributed by atoms with E-state index in [1.54, 1.807) is 6.20 Å². The molecule has 1 amide bonds. The molecule has 0 aromatic carbocycles. The molecule has 18 heavy (non-hydrogen) atoms. The van der Waals surface area contributed by atoms with Crippen LogP contribution in [0.25, 0.3) is 0 Å². The van der Waals surface area contributed by atoms with Crippen LogP contribution in [0.5, 0.6) is 0 Å². The fraction of sp³-hybridized carbons (Fsp3) is 0.333. The maximum Gasteiger partial charge on any atom is 0.274 e. The Bertz CT molecular complexity index is 600. The molecule has 1 N–H and O–H groups in total. The van der Waals surface area contributed by atoms with Gasteiger partial charge >= 0.3 is 0 Å². The normalized spacial score (nSPS) is 14.8. The molecule has 0 radical (unpaired) electrons. The second-order valence-corrected chi connectivity index (χ2v) is 6.56. The van der Waals surface area contributed by atoms with E-state index in [0.29, 0.717) is 16.9 Å². The third-order valence-electron chi connectivity index (χ3n) is 2.83. The summed E-state index contributed by atoms with van der Waals surface area (Å²) in [6.07, 6.45) is 6.03. The van der Waals surface area contributed by atoms with Crippen molar-refractivity contribution in [2.24, 2.45) is 0 Å². The first-order valence-electron chi connectivity index (χ1n) is 5.74. The van der Waals surface area contributed by atoms with Gasteiger partial charge in [-0.1, -0.05) is 0 Å². The highest BCUT2D eigenvalue weighted by Gasteiger charge is 2.27. The second kappa shape index (κ2) is 4.51. The molecule has 0 bridgehead atoms. The summed E-state index contributed by atoms with van der Waals surface area (Å²) in [4.78, 5) is 17.4. The van der Waals surface area contributed by atoms with E-state index < -0.39 is 0 Å². The minimum Gasteiger partial charge on any atom is -0.339 e. The molecule has 1 fully saturated rings. The van der Waals surface area contributed by atoms with Gasteiger partial charge < -0.3 is 4.57 Å². The Labute approximate surface area is 117 Å². The SMILES string of the molecule is Cc1cnc(NC(=O)c2cc(Br)cn2C2CC2)s1. The summed E-state index contributed by atoms with van der Waals surface area (Å²) in [6.45, 7) is 1.97. The van der Waals surface area contributed by atoms with E-state index in [-0.39, 0.29) is 5.91 Å². The molecule has 0 unspecified atom stereocenters. The van der Waals surface area contributed by atoms with Crippen LogP contribution in [-0.4, -0.2) is 15.5 Å². The number of rotatable bonds is 3. The molecule has 6 heteroatoms. The van der Waals surface area contributed by atoms with Gasteiger partial charge in [0.1, 0.15) is 5.69 Å². The van der Waals surface area contributed by atoms with Crippen LogP contribution in [0.4, 0.5) is 5.13 Å². The fourth-order valence-corrected chi connectivity index (χ4v) is 2.95. The van der Waals surface area contributed by atoms with Crippen molar-refractivity contribution in [3.8, 4) is 0 Å². The van der Waals surface area contributed by atoms with Gasteiger partial charge in [0, 0.05) is 27.8 Å². The van der Waals surface area contributed by atoms with Crippen molar-refractivity contribution < 1.29 is 4.79 Å². The Balaban J connectivity index is 1.83. The van der Waals surface area contributed by atoms with Crippen LogP contribution in [0.2, 0.25) is 0 Å². The summed E-state index contributed by atoms with van der Waals surface area (Å²) < 4.78 is 2.98. The highest BCUT2D eigenvalue weighted by atomic mass is 79.9. The van der Waals surface area contributed by atoms with Gasteiger partial charge in [0.25, 0.3) is 5.91 Å². The predicted molar refractivity (Wildman–Crippen MR) is 75.2 cm³/mol. The number of aromatic nitrogens is 2. The van der Waals surface area contributed by atoms with Crippen molar-refractivity contribution >= 4 is 38.3 Å². The van der Waals surface area contributed by atoms with Crippen molar-refractivity contribution in [3.63, 3.8) is 0 Å². The fourth-order valence-electron chi connectivity index (χ4n) is 1.86. The lowest BCUT2D eigenvalue weighted by Gasteiger charge is -2.06. The van der Waals surface area contributed by atoms with Gasteiger partial charge in [-0.3, -0.25) is 10.1 Å². The first kappa shape index (κ1) is 11.9. The molecule has 2 aromatic heterocycles. The molecule has 94 valence electrons. The molecular weight excluding hydrogens is 314 g/mol. The zero-order valence-electron chi connectivity index (χ0n) is 9.81. The quantitative estimate of drug-likeness (QED) is 0.937. The van der Waals surface area contributed by atoms with Crippen LogP contribution in [0.3, 0.4) is 0 Å². The number of hydrogen-bond donors (Lipinski definition) is 1. The van der Waals surface area contributed by atoms with Gasteiger partial charge in [0.15, 0.2) is 5.13 Å². The monoisotopic (exact) mass is 325 g/mol. The molecule has 0 atom stereocenters. The van der Waals surface area contributed by atoms with Gasteiger partial charge in [-0.05, 0) is 41.8 Å². The zero-order chi connectivity index (χ0) is 12.7. The van der Waals surface area contributed by atoms with Gasteiger partial charge in [-0.25, -0.2) is 4.98 Å². The molecule has 1 aliphatic rings. The van der Waals surface area contributed by atoms with Crippen LogP contribution >= 0.6 is 27.3 Å². The summed E-state index contributed by atoms with van der Waals surface area (Å²) >= 11 is 4.91. The summed E-state index contributed by atoms with van der Waals surface area (Å²) in [7, 11) is 0. The van der Waals surface area contributed by atoms with E-state index in [9.17, 15) is 4.79 Å². The predicted octanol–water partition coefficient (Wildman–Crippen LogP) is 3.60. The second-order valence-electron chi connectivity index (χ2n) is 4.41. The van der Waals surface area contributed by atoms with Crippen molar-refractivity contribution in [3.05, 3.63) is 33.5 Å². The maximum absolute atomic E-state index is 12.2. The Morgan fingerprint density at radius 2 is 2.39 bits per heavy atom. The number of aryl methyl sites for hydroxylation is 1. The minimum atomic E-state index is -0.0954. The van der Waals surface area contributed by atoms with Gasteiger partial charge in [-0.2, -0.15) is 0 Å². The van der Waals surface area contributed by atoms with Crippen molar-refractivity contribution in [1.29, 1.82) is 0 Å². The lowest BCUT2D eigenvalue weighted by atomic mass is 10.4. The number of carbonyl (C=O) groups excluding carboxylic acids is 1. The summed E-state index contributed by atoms with van der Waals surface area (Å²) in [5.41, 5.74) is 0.692. The summed E-state index contributed by atoms with van der Waals surface area (Å²) in [5, 5.41) is 3.49. The highest BCUT2D eigenvalue weighted by Crippen LogP contribution is 2.37. The van der Waals surface area contributed by atoms with E-state index in [4.69, 9.17) is 0 Å². The topological polar surface area (TPSA) is 46.9 Å². The standard InChI is InChI=1S/C12H12BrN3OS/c1-7-5-14-12(18-7)15-11(17)10-4-8(13)6-16(10)9-2-3-9/h4-6,9H,2-3H2,1H3,(H,14,15,17). The highest BCUT2D eigenvalue weighted by molar-refractivity contribution is 9.10. The largest absolute Gasteiger partial charge is 0.339 e. The average molecular weight is 326 g/mol. The first-order valence-corrected chi connectivity index (χ1v) is 7.35. The molecular formula is C12H12BrN3OS. The number of halogens is 1. The number of nitrogens with one attached hydrogen (secondary N) is 1. The lowest BCUT2D eigenvalue weighted by molar-refractivity contribution is 0.101. The van der Waals surface area contributed by atoms with Crippen molar-refractivity contribution in [1.82, 2.24) is 9.55 Å². The molecule has 0 aliphatic heterocycles. The molecule has 0 spiro atoms. The average Bonchev–Trinajstić information content (AvgIpc) is 2.98. The summed E-state index contributed by atoms with van der Waals surface area (Å²) in [6, 6.07) is 2.34. The molecule has 2 aromatic rings. The Morgan fingerprint density at radius 3 is 3.00 bits per heavy atom. The molecule has 2 heterocycles. The lowest BCUT2D eigenvalue weighted by Crippen LogP contribution is -2.16. The third kappa shape index (κ3) is 2.35. The molecule has 4 nitrogen and oxygen atoms in total. The smallest absolute Gasteiger partial charge is 0.274 e. The van der Waals surface area contributed by atoms with E-state index in [1.807, 2.05) is 23.8 Å². The summed E-state index contributed by atoms with van der Waals surface area (Å²) in [5.74, 6) is -0.0954. The first-order chi connectivity index (χ1) is 8.63. The van der Waals surface area contributed by atoms with Gasteiger partial charge in [0.05, 0.1) is 0 Å². The Hall–Kier alpha value is -1.14. The number of amides is 1. The van der Waals surface area contributed by atoms with Crippen LogP contribution in [0.15, 0.2) is 22.9 Å². The molecule has 0 saturated heterocycles. The number of carbonyl (C=O) groups is 1. The number of hydrogen-bond acceptors (Lipinski definition) is 3. The Kier molecular flexibility index (Phi) is 2.99. The number of thiazole rings is 1. The van der Waals surface area contributed by atoms with Crippen LogP contribution in [0.1, 0.15) is 34.2 Å². The van der Waals surface area contributed by atoms with Crippen molar-refractivity contribution in [2.75, 3.05) is 5.32 Å². The van der Waals surface area contributed by atoms with E-state index in [1.165, 1.54) is 11.3 Å². The van der Waals surface area contributed by atoms with E-state index in [2.05, 4.69) is 26.2 Å². The molecule has 3 rings (SSSR count). The van der Waals surface area contributed by atoms with E-state index >= 15 is 0 Å². The van der Waals surface area contributed by atoms with E-state index in [0.717, 1.165) is 22.2 Å². The number of anilines is 1. The Morgan fingerprint density at radius 1 is 1.61 bits per heavy atom. The van der Waals surface area contributed by atoms with Crippen LogP contribution in [0, 0.1) is 6.92 Å². The molecule has 1 aliphatic carbocycles. The molecule has 1 saturated carbocycles. The van der Waals surface area contributed by atoms with Gasteiger partial charge in [0.2, 0.25) is 0 Å². The van der Waals surface area contributed by atoms with Crippen molar-refractivity contribution in [2.45, 2.75) is 25.8 Å². The zero-order valence-corrected chi connectivity index (χ0v) is 12.2. The van der Waals surface area contributed by atoms with Gasteiger partial charge in [-0.15, -0.1) is 11.3 Å². The third-order valence-corrected chi connectivity index (χ3v) is 4.09. The maximum atomic E-state index is 12.2. The number of nitrogens with zero attached hydrogens (tertiary/aromatic N) is 2. The van der Waals surface area contributed by atoms with Crippen LogP contribution < -0.4 is 5.32 Å². The van der Waals surface area contributed by atoms with Crippen LogP contribution in [-0.2, 0) is 0 Å².